The van der Waals surface area contributed by atoms with Crippen LogP contribution in [0.5, 0.6) is 0 Å². The van der Waals surface area contributed by atoms with Gasteiger partial charge in [0.2, 0.25) is 0 Å². The fourth-order valence-electron chi connectivity index (χ4n) is 5.71. The summed E-state index contributed by atoms with van der Waals surface area (Å²) in [5.74, 6) is 8.16. The molecule has 218 valence electrons. The molecule has 0 aliphatic heterocycles. The smallest absolute Gasteiger partial charge is 0 e. The second-order valence-corrected chi connectivity index (χ2v) is 13.5. The lowest BCUT2D eigenvalue weighted by molar-refractivity contribution is 0.308. The van der Waals surface area contributed by atoms with Gasteiger partial charge in [-0.15, -0.1) is 24.0 Å². The Morgan fingerprint density at radius 3 is 0.400 bits per heavy atom. The maximum absolute atomic E-state index is 2.37. The van der Waals surface area contributed by atoms with Crippen molar-refractivity contribution in [2.75, 3.05) is 0 Å². The first kappa shape index (κ1) is 40.2. The maximum atomic E-state index is 2.37. The van der Waals surface area contributed by atoms with Gasteiger partial charge in [-0.25, -0.2) is 0 Å². The van der Waals surface area contributed by atoms with Gasteiger partial charge in [0.05, 0.1) is 0 Å². The Kier molecular flexibility index (Phi) is 27.3. The van der Waals surface area contributed by atoms with Crippen molar-refractivity contribution in [1.29, 1.82) is 0 Å². The Hall–Kier alpha value is 0.660. The van der Waals surface area contributed by atoms with E-state index in [1.807, 2.05) is 0 Å². The molecule has 0 aromatic heterocycles. The summed E-state index contributed by atoms with van der Waals surface area (Å²) in [4.78, 5) is 0. The third kappa shape index (κ3) is 22.4. The topological polar surface area (TPSA) is 0 Å². The van der Waals surface area contributed by atoms with E-state index in [9.17, 15) is 0 Å². The van der Waals surface area contributed by atoms with E-state index in [4.69, 9.17) is 0 Å². The van der Waals surface area contributed by atoms with Crippen molar-refractivity contribution < 1.29 is 6.13 Å². The summed E-state index contributed by atoms with van der Waals surface area (Å²) in [7, 11) is 0. The van der Waals surface area contributed by atoms with Gasteiger partial charge < -0.3 is 0 Å². The number of hydrogen-bond donors (Lipinski definition) is 0. The molecule has 0 amide bonds. The van der Waals surface area contributed by atoms with Crippen LogP contribution in [-0.2, 0) is 0 Å². The minimum absolute atomic E-state index is 0. The summed E-state index contributed by atoms with van der Waals surface area (Å²) in [6.45, 7) is 18.9. The molecule has 0 heterocycles. The Morgan fingerprint density at radius 2 is 0.343 bits per heavy atom. The van der Waals surface area contributed by atoms with E-state index in [2.05, 4.69) is 55.4 Å². The third-order valence-corrected chi connectivity index (χ3v) is 9.22. The fourth-order valence-corrected chi connectivity index (χ4v) is 5.71. The van der Waals surface area contributed by atoms with Gasteiger partial charge in [0.25, 0.3) is 0 Å². The highest BCUT2D eigenvalue weighted by Gasteiger charge is 2.15. The summed E-state index contributed by atoms with van der Waals surface area (Å²) >= 11 is 0. The SMILES string of the molecule is C.CC1CCC(C)CC1.CC1CCC(C)CC1.CC1CCC(C)CC1.CC1CCC(C)CC1.F.I.[HH]. The van der Waals surface area contributed by atoms with Gasteiger partial charge in [-0.2, -0.15) is 0 Å². The van der Waals surface area contributed by atoms with Crippen molar-refractivity contribution in [2.24, 2.45) is 47.3 Å². The van der Waals surface area contributed by atoms with E-state index in [-0.39, 0.29) is 37.5 Å². The molecule has 0 aromatic carbocycles. The molecule has 0 atom stereocenters. The first-order chi connectivity index (χ1) is 15.2. The zero-order chi connectivity index (χ0) is 23.9. The Bertz CT molecular complexity index is 293. The van der Waals surface area contributed by atoms with Gasteiger partial charge in [-0.05, 0) is 47.3 Å². The summed E-state index contributed by atoms with van der Waals surface area (Å²) in [6.07, 6.45) is 23.6. The van der Waals surface area contributed by atoms with Gasteiger partial charge in [0.1, 0.15) is 0 Å². The molecule has 35 heavy (non-hydrogen) atoms. The van der Waals surface area contributed by atoms with Crippen LogP contribution in [0, 0.1) is 47.3 Å². The van der Waals surface area contributed by atoms with Crippen LogP contribution in [0.1, 0.15) is 167 Å². The molecular weight excluding hydrogens is 542 g/mol. The summed E-state index contributed by atoms with van der Waals surface area (Å²) < 4.78 is 0. The molecule has 0 radical (unpaired) electrons. The van der Waals surface area contributed by atoms with Gasteiger partial charge >= 0.3 is 0 Å². The van der Waals surface area contributed by atoms with E-state index < -0.39 is 0 Å². The molecule has 2 heteroatoms. The van der Waals surface area contributed by atoms with E-state index in [0.29, 0.717) is 0 Å². The van der Waals surface area contributed by atoms with Crippen LogP contribution in [0.3, 0.4) is 0 Å². The molecule has 0 aromatic rings. The lowest BCUT2D eigenvalue weighted by Gasteiger charge is -2.22. The molecule has 0 spiro atoms. The largest absolute Gasteiger partial charge is 0.269 e. The fraction of sp³-hybridized carbons (Fsp3) is 1.00. The molecule has 4 aliphatic carbocycles. The molecule has 4 fully saturated rings. The van der Waals surface area contributed by atoms with Crippen LogP contribution in [0.15, 0.2) is 0 Å². The minimum Gasteiger partial charge on any atom is -0.269 e. The predicted octanol–water partition coefficient (Wildman–Crippen LogP) is 13.0. The molecule has 4 rings (SSSR count). The number of hydrogen-bond acceptors (Lipinski definition) is 0. The van der Waals surface area contributed by atoms with Gasteiger partial charge in [-0.3, -0.25) is 4.70 Å². The summed E-state index contributed by atoms with van der Waals surface area (Å²) in [5, 5.41) is 0. The minimum atomic E-state index is 0. The normalized spacial score (nSPS) is 36.3. The third-order valence-electron chi connectivity index (χ3n) is 9.22. The maximum Gasteiger partial charge on any atom is 0 e. The molecule has 0 nitrogen and oxygen atoms in total. The first-order valence-electron chi connectivity index (χ1n) is 15.2. The average Bonchev–Trinajstić information content (AvgIpc) is 2.78. The first-order valence-corrected chi connectivity index (χ1v) is 15.2. The van der Waals surface area contributed by atoms with Crippen LogP contribution >= 0.6 is 24.0 Å². The number of rotatable bonds is 0. The summed E-state index contributed by atoms with van der Waals surface area (Å²) in [6, 6.07) is 0. The molecule has 0 saturated heterocycles. The van der Waals surface area contributed by atoms with Crippen molar-refractivity contribution in [2.45, 2.75) is 166 Å². The lowest BCUT2D eigenvalue weighted by atomic mass is 9.84. The van der Waals surface area contributed by atoms with E-state index in [0.717, 1.165) is 47.3 Å². The molecule has 4 aliphatic rings. The molecule has 0 bridgehead atoms. The van der Waals surface area contributed by atoms with Gasteiger partial charge in [-0.1, -0.05) is 166 Å². The molecule has 0 unspecified atom stereocenters. The van der Waals surface area contributed by atoms with Crippen molar-refractivity contribution in [1.82, 2.24) is 0 Å². The highest BCUT2D eigenvalue weighted by Crippen LogP contribution is 2.29. The van der Waals surface area contributed by atoms with Crippen molar-refractivity contribution in [3.8, 4) is 0 Å². The van der Waals surface area contributed by atoms with Crippen molar-refractivity contribution >= 4 is 24.0 Å². The van der Waals surface area contributed by atoms with E-state index in [1.54, 1.807) is 0 Å². The molecular formula is C33H72FI. The zero-order valence-corrected chi connectivity index (χ0v) is 27.1. The van der Waals surface area contributed by atoms with Crippen LogP contribution in [0.4, 0.5) is 4.70 Å². The van der Waals surface area contributed by atoms with Gasteiger partial charge in [0.15, 0.2) is 0 Å². The molecule has 0 N–H and O–H groups in total. The van der Waals surface area contributed by atoms with Crippen LogP contribution < -0.4 is 0 Å². The standard InChI is InChI=1S/4C8H16.CH4.FH.HI.H2/c4*1-7-3-5-8(2)6-4-7;;;;/h4*7-8H,3-6H2,1-2H3;1H4;3*1H. The van der Waals surface area contributed by atoms with E-state index in [1.165, 1.54) is 103 Å². The Labute approximate surface area is 242 Å². The molecule has 4 saturated carbocycles. The lowest BCUT2D eigenvalue weighted by Crippen LogP contribution is -2.08. The van der Waals surface area contributed by atoms with Crippen molar-refractivity contribution in [3.63, 3.8) is 0 Å². The average molecular weight is 615 g/mol. The van der Waals surface area contributed by atoms with E-state index >= 15 is 0 Å². The van der Waals surface area contributed by atoms with Crippen molar-refractivity contribution in [3.05, 3.63) is 0 Å². The second kappa shape index (κ2) is 23.8. The Morgan fingerprint density at radius 1 is 0.286 bits per heavy atom. The quantitative estimate of drug-likeness (QED) is 0.238. The second-order valence-electron chi connectivity index (χ2n) is 13.5. The highest BCUT2D eigenvalue weighted by molar-refractivity contribution is 14.0. The van der Waals surface area contributed by atoms with Crippen LogP contribution in [0.25, 0.3) is 0 Å². The number of halogens is 2. The zero-order valence-electron chi connectivity index (χ0n) is 24.7. The highest BCUT2D eigenvalue weighted by atomic mass is 127. The predicted molar refractivity (Wildman–Crippen MR) is 174 cm³/mol. The van der Waals surface area contributed by atoms with Crippen LogP contribution in [0.2, 0.25) is 0 Å². The summed E-state index contributed by atoms with van der Waals surface area (Å²) in [5.41, 5.74) is 0. The van der Waals surface area contributed by atoms with Crippen LogP contribution in [-0.4, -0.2) is 0 Å². The Balaban J connectivity index is -0.000000183. The van der Waals surface area contributed by atoms with Gasteiger partial charge in [0, 0.05) is 1.43 Å². The monoisotopic (exact) mass is 614 g/mol.